The summed E-state index contributed by atoms with van der Waals surface area (Å²) in [7, 11) is 0. The van der Waals surface area contributed by atoms with Crippen molar-refractivity contribution in [1.82, 2.24) is 14.7 Å². The Balaban J connectivity index is 1.42. The molecule has 0 bridgehead atoms. The van der Waals surface area contributed by atoms with E-state index in [1.54, 1.807) is 4.90 Å². The molecule has 5 aliphatic rings. The molecule has 5 aliphatic heterocycles. The van der Waals surface area contributed by atoms with E-state index in [0.29, 0.717) is 52.3 Å². The summed E-state index contributed by atoms with van der Waals surface area (Å²) in [5.41, 5.74) is -1.20. The minimum atomic E-state index is -1.20. The van der Waals surface area contributed by atoms with Crippen LogP contribution < -0.4 is 0 Å². The first kappa shape index (κ1) is 27.3. The Morgan fingerprint density at radius 2 is 1.76 bits per heavy atom. The molecule has 0 radical (unpaired) electrons. The van der Waals surface area contributed by atoms with Gasteiger partial charge in [-0.05, 0) is 25.7 Å². The second kappa shape index (κ2) is 12.3. The maximum absolute atomic E-state index is 14.2. The molecular weight excluding hydrogens is 490 g/mol. The topological polar surface area (TPSA) is 109 Å². The highest BCUT2D eigenvalue weighted by molar-refractivity contribution is 5.99. The fourth-order valence-corrected chi connectivity index (χ4v) is 6.58. The number of ether oxygens (including phenoxy) is 3. The summed E-state index contributed by atoms with van der Waals surface area (Å²) in [5.74, 6) is -2.34. The van der Waals surface area contributed by atoms with Gasteiger partial charge in [0, 0.05) is 45.9 Å². The first-order chi connectivity index (χ1) is 18.6. The highest BCUT2D eigenvalue weighted by Crippen LogP contribution is 2.53. The van der Waals surface area contributed by atoms with Gasteiger partial charge >= 0.3 is 5.97 Å². The summed E-state index contributed by atoms with van der Waals surface area (Å²) in [6.07, 6.45) is 11.7. The van der Waals surface area contributed by atoms with E-state index in [0.717, 1.165) is 45.3 Å². The summed E-state index contributed by atoms with van der Waals surface area (Å²) < 4.78 is 17.7. The number of aliphatic hydroxyl groups excluding tert-OH is 1. The number of rotatable bonds is 9. The highest BCUT2D eigenvalue weighted by atomic mass is 16.6. The number of likely N-dealkylation sites (tertiary alicyclic amines) is 1. The first-order valence-electron chi connectivity index (χ1n) is 14.3. The third kappa shape index (κ3) is 5.28. The third-order valence-corrected chi connectivity index (χ3v) is 8.53. The molecule has 0 aromatic rings. The van der Waals surface area contributed by atoms with Crippen LogP contribution in [0.15, 0.2) is 24.3 Å². The number of cyclic esters (lactones) is 1. The highest BCUT2D eigenvalue weighted by Gasteiger charge is 2.71. The lowest BCUT2D eigenvalue weighted by Gasteiger charge is -2.36. The first-order valence-corrected chi connectivity index (χ1v) is 14.3. The molecule has 10 heteroatoms. The average molecular weight is 532 g/mol. The number of amides is 2. The van der Waals surface area contributed by atoms with Crippen molar-refractivity contribution in [3.63, 3.8) is 0 Å². The van der Waals surface area contributed by atoms with Gasteiger partial charge in [-0.1, -0.05) is 37.1 Å². The van der Waals surface area contributed by atoms with E-state index in [2.05, 4.69) is 4.90 Å². The van der Waals surface area contributed by atoms with E-state index in [1.807, 2.05) is 29.2 Å². The van der Waals surface area contributed by atoms with E-state index in [1.165, 1.54) is 0 Å². The number of esters is 1. The van der Waals surface area contributed by atoms with Gasteiger partial charge in [-0.2, -0.15) is 0 Å². The molecule has 210 valence electrons. The molecule has 1 N–H and O–H groups in total. The van der Waals surface area contributed by atoms with Crippen molar-refractivity contribution in [1.29, 1.82) is 0 Å². The maximum atomic E-state index is 14.2. The molecular formula is C28H41N3O7. The lowest BCUT2D eigenvalue weighted by atomic mass is 9.78. The van der Waals surface area contributed by atoms with Crippen molar-refractivity contribution in [3.05, 3.63) is 24.3 Å². The number of aliphatic hydroxyl groups is 1. The molecule has 2 amide bonds. The van der Waals surface area contributed by atoms with Crippen LogP contribution in [-0.4, -0.2) is 121 Å². The molecule has 5 heterocycles. The average Bonchev–Trinajstić information content (AvgIpc) is 3.33. The molecule has 3 saturated heterocycles. The van der Waals surface area contributed by atoms with Crippen LogP contribution in [0, 0.1) is 11.8 Å². The lowest BCUT2D eigenvalue weighted by Crippen LogP contribution is -2.56. The van der Waals surface area contributed by atoms with E-state index in [-0.39, 0.29) is 18.4 Å². The SMILES string of the molecule is O=C1OCCC/C=C\[C@H]2O[C@]34C=CCN(CCN5CCOCC5)C(=O)C3N(CCCCCCO)C(=O)[C@@H]4[C@@H]12. The third-order valence-electron chi connectivity index (χ3n) is 8.53. The van der Waals surface area contributed by atoms with E-state index in [4.69, 9.17) is 19.3 Å². The number of allylic oxidation sites excluding steroid dienone is 1. The number of carbonyl (C=O) groups is 3. The molecule has 0 aliphatic carbocycles. The number of unbranched alkanes of at least 4 members (excludes halogenated alkanes) is 3. The summed E-state index contributed by atoms with van der Waals surface area (Å²) in [4.78, 5) is 47.3. The molecule has 10 nitrogen and oxygen atoms in total. The van der Waals surface area contributed by atoms with Crippen molar-refractivity contribution >= 4 is 17.8 Å². The minimum Gasteiger partial charge on any atom is -0.465 e. The number of morpholine rings is 1. The van der Waals surface area contributed by atoms with Gasteiger partial charge in [0.05, 0.1) is 31.8 Å². The quantitative estimate of drug-likeness (QED) is 0.264. The van der Waals surface area contributed by atoms with Gasteiger partial charge in [0.2, 0.25) is 11.8 Å². The zero-order valence-electron chi connectivity index (χ0n) is 22.2. The van der Waals surface area contributed by atoms with Gasteiger partial charge in [0.15, 0.2) is 0 Å². The second-order valence-corrected chi connectivity index (χ2v) is 10.9. The van der Waals surface area contributed by atoms with Crippen molar-refractivity contribution < 1.29 is 33.7 Å². The zero-order valence-corrected chi connectivity index (χ0v) is 22.2. The van der Waals surface area contributed by atoms with Gasteiger partial charge in [0.1, 0.15) is 17.6 Å². The molecule has 0 saturated carbocycles. The van der Waals surface area contributed by atoms with Crippen LogP contribution in [0.4, 0.5) is 0 Å². The van der Waals surface area contributed by atoms with Crippen LogP contribution in [0.1, 0.15) is 38.5 Å². The van der Waals surface area contributed by atoms with Crippen LogP contribution in [0.3, 0.4) is 0 Å². The Hall–Kier alpha value is -2.27. The molecule has 38 heavy (non-hydrogen) atoms. The van der Waals surface area contributed by atoms with Crippen LogP contribution in [0.2, 0.25) is 0 Å². The van der Waals surface area contributed by atoms with Crippen molar-refractivity contribution in [2.45, 2.75) is 56.3 Å². The van der Waals surface area contributed by atoms with Gasteiger partial charge in [0.25, 0.3) is 0 Å². The van der Waals surface area contributed by atoms with E-state index >= 15 is 0 Å². The molecule has 0 aromatic carbocycles. The van der Waals surface area contributed by atoms with Crippen LogP contribution in [0.25, 0.3) is 0 Å². The second-order valence-electron chi connectivity index (χ2n) is 10.9. The molecule has 0 aromatic heterocycles. The fourth-order valence-electron chi connectivity index (χ4n) is 6.58. The predicted octanol–water partition coefficient (Wildman–Crippen LogP) is 0.744. The zero-order chi connectivity index (χ0) is 26.5. The summed E-state index contributed by atoms with van der Waals surface area (Å²) in [6, 6.07) is -0.821. The van der Waals surface area contributed by atoms with Crippen LogP contribution >= 0.6 is 0 Å². The molecule has 5 rings (SSSR count). The van der Waals surface area contributed by atoms with E-state index in [9.17, 15) is 14.4 Å². The van der Waals surface area contributed by atoms with Crippen LogP contribution in [-0.2, 0) is 28.6 Å². The van der Waals surface area contributed by atoms with E-state index < -0.39 is 35.6 Å². The normalized spacial score (nSPS) is 34.6. The Morgan fingerprint density at radius 3 is 2.58 bits per heavy atom. The fraction of sp³-hybridized carbons (Fsp3) is 0.750. The van der Waals surface area contributed by atoms with Gasteiger partial charge in [-0.25, -0.2) is 0 Å². The summed E-state index contributed by atoms with van der Waals surface area (Å²) in [6.45, 7) is 5.66. The van der Waals surface area contributed by atoms with Crippen molar-refractivity contribution in [2.24, 2.45) is 11.8 Å². The van der Waals surface area contributed by atoms with Crippen LogP contribution in [0.5, 0.6) is 0 Å². The number of fused-ring (bicyclic) bond motifs is 2. The Bertz CT molecular complexity index is 933. The van der Waals surface area contributed by atoms with Gasteiger partial charge in [-0.15, -0.1) is 0 Å². The number of hydrogen-bond acceptors (Lipinski definition) is 8. The molecule has 3 fully saturated rings. The molecule has 1 unspecified atom stereocenters. The smallest absolute Gasteiger partial charge is 0.312 e. The summed E-state index contributed by atoms with van der Waals surface area (Å²) >= 11 is 0. The van der Waals surface area contributed by atoms with Crippen molar-refractivity contribution in [2.75, 3.05) is 65.7 Å². The largest absolute Gasteiger partial charge is 0.465 e. The molecule has 5 atom stereocenters. The Morgan fingerprint density at radius 1 is 0.947 bits per heavy atom. The Labute approximate surface area is 224 Å². The van der Waals surface area contributed by atoms with Gasteiger partial charge < -0.3 is 29.1 Å². The summed E-state index contributed by atoms with van der Waals surface area (Å²) in [5, 5.41) is 9.12. The monoisotopic (exact) mass is 531 g/mol. The minimum absolute atomic E-state index is 0.127. The van der Waals surface area contributed by atoms with Gasteiger partial charge in [-0.3, -0.25) is 19.3 Å². The number of carbonyl (C=O) groups excluding carboxylic acids is 3. The lowest BCUT2D eigenvalue weighted by molar-refractivity contribution is -0.154. The Kier molecular flexibility index (Phi) is 8.82. The maximum Gasteiger partial charge on any atom is 0.312 e. The number of hydrogen-bond donors (Lipinski definition) is 1. The molecule has 1 spiro atoms. The van der Waals surface area contributed by atoms with Crippen molar-refractivity contribution in [3.8, 4) is 0 Å². The standard InChI is InChI=1S/C28H41N3O7/c32-17-6-2-1-5-12-31-24-26(34)30(14-13-29-15-19-36-20-16-29)11-8-10-28(24)23(25(31)33)22-21(38-28)9-4-3-7-18-37-27(22)35/h4,8-10,21-24,32H,1-3,5-7,11-20H2/b9-4-/t21-,22+,23+,24?,28+/m1/s1. The predicted molar refractivity (Wildman–Crippen MR) is 138 cm³/mol. The number of nitrogens with zero attached hydrogens (tertiary/aromatic N) is 3.